The summed E-state index contributed by atoms with van der Waals surface area (Å²) in [4.78, 5) is 7.44. The molecule has 18 rings (SSSR count). The molecule has 0 unspecified atom stereocenters. The lowest BCUT2D eigenvalue weighted by atomic mass is 9.30. The number of benzene rings is 13. The standard InChI is InChI=1S/C89H71B2N3O/c1-87(2,3)61-50-68(58-30-15-10-16-31-58)86(69(51-61)59-32-17-11-18-33-59)94-76-43-26-24-41-72(76)90-73-54-74-81(55-77(73)93(79-52-62(88(4,5)6)53-80(94)84(79)90)64-46-44-57(45-47-64)56-28-13-9-14-29-56)95-82-49-60(65-37-27-38-67-66-36-21-22-39-70(66)89(7,8)83(65)67)48-78-85(82)91(74)71-40-23-25-42-75(71)92(78)63-34-19-12-20-35-63/h9-55H,1-8H3/i9D,13D,14D,28D,29D. The van der Waals surface area contributed by atoms with Crippen LogP contribution < -0.4 is 52.2 Å². The van der Waals surface area contributed by atoms with Crippen molar-refractivity contribution in [1.29, 1.82) is 0 Å². The fourth-order valence-corrected chi connectivity index (χ4v) is 16.3. The summed E-state index contributed by atoms with van der Waals surface area (Å²) in [5, 5.41) is 0. The molecule has 0 aromatic heterocycles. The zero-order valence-electron chi connectivity index (χ0n) is 59.7. The minimum atomic E-state index is -0.421. The highest BCUT2D eigenvalue weighted by molar-refractivity contribution is 7.02. The Labute approximate surface area is 566 Å². The van der Waals surface area contributed by atoms with Gasteiger partial charge >= 0.3 is 0 Å². The molecule has 4 nitrogen and oxygen atoms in total. The maximum Gasteiger partial charge on any atom is 0.256 e. The molecule has 1 aliphatic carbocycles. The van der Waals surface area contributed by atoms with Gasteiger partial charge in [0.1, 0.15) is 11.5 Å². The molecule has 0 atom stereocenters. The summed E-state index contributed by atoms with van der Waals surface area (Å²) in [5.74, 6) is 1.56. The van der Waals surface area contributed by atoms with E-state index in [-0.39, 0.29) is 59.4 Å². The topological polar surface area (TPSA) is 19.0 Å². The van der Waals surface area contributed by atoms with E-state index >= 15 is 0 Å². The van der Waals surface area contributed by atoms with Gasteiger partial charge in [-0.05, 0) is 183 Å². The molecule has 0 saturated carbocycles. The second-order valence-corrected chi connectivity index (χ2v) is 28.8. The van der Waals surface area contributed by atoms with Crippen LogP contribution in [0.2, 0.25) is 0 Å². The molecule has 6 heteroatoms. The molecule has 0 N–H and O–H groups in total. The van der Waals surface area contributed by atoms with Crippen LogP contribution in [0, 0.1) is 0 Å². The fourth-order valence-electron chi connectivity index (χ4n) is 16.3. The van der Waals surface area contributed by atoms with Crippen molar-refractivity contribution in [1.82, 2.24) is 0 Å². The summed E-state index contributed by atoms with van der Waals surface area (Å²) in [7, 11) is 0. The number of para-hydroxylation sites is 3. The molecular weight excluding hydrogens is 1150 g/mol. The molecule has 0 spiro atoms. The zero-order valence-corrected chi connectivity index (χ0v) is 54.7. The van der Waals surface area contributed by atoms with E-state index in [1.165, 1.54) is 38.8 Å². The Kier molecular flexibility index (Phi) is 11.5. The molecule has 0 fully saturated rings. The van der Waals surface area contributed by atoms with Gasteiger partial charge in [-0.3, -0.25) is 0 Å². The van der Waals surface area contributed by atoms with Crippen molar-refractivity contribution in [3.05, 3.63) is 307 Å². The van der Waals surface area contributed by atoms with Crippen molar-refractivity contribution in [3.8, 4) is 67.1 Å². The predicted molar refractivity (Wildman–Crippen MR) is 403 cm³/mol. The summed E-state index contributed by atoms with van der Waals surface area (Å²) in [5.41, 5.74) is 30.2. The summed E-state index contributed by atoms with van der Waals surface area (Å²) in [6, 6.07) is 91.7. The van der Waals surface area contributed by atoms with E-state index < -0.39 is 6.04 Å². The van der Waals surface area contributed by atoms with Crippen LogP contribution in [0.1, 0.15) is 84.5 Å². The van der Waals surface area contributed by atoms with Gasteiger partial charge in [-0.25, -0.2) is 0 Å². The summed E-state index contributed by atoms with van der Waals surface area (Å²) in [6.45, 7) is 18.0. The Balaban J connectivity index is 0.930. The van der Waals surface area contributed by atoms with Crippen LogP contribution >= 0.6 is 0 Å². The van der Waals surface area contributed by atoms with Crippen molar-refractivity contribution in [2.45, 2.75) is 71.6 Å². The molecule has 454 valence electrons. The van der Waals surface area contributed by atoms with E-state index in [0.717, 1.165) is 123 Å². The van der Waals surface area contributed by atoms with Crippen molar-refractivity contribution in [2.75, 3.05) is 14.7 Å². The van der Waals surface area contributed by atoms with Crippen LogP contribution in [0.15, 0.2) is 285 Å². The van der Waals surface area contributed by atoms with Gasteiger partial charge in [0.2, 0.25) is 0 Å². The molecule has 13 aromatic carbocycles. The van der Waals surface area contributed by atoms with E-state index in [2.05, 4.69) is 313 Å². The van der Waals surface area contributed by atoms with Gasteiger partial charge in [0.15, 0.2) is 0 Å². The lowest BCUT2D eigenvalue weighted by molar-refractivity contribution is 0.488. The molecule has 4 heterocycles. The van der Waals surface area contributed by atoms with E-state index in [0.29, 0.717) is 5.56 Å². The highest BCUT2D eigenvalue weighted by Gasteiger charge is 2.49. The minimum absolute atomic E-state index is 0.156. The van der Waals surface area contributed by atoms with Crippen LogP contribution in [0.3, 0.4) is 0 Å². The van der Waals surface area contributed by atoms with Crippen LogP contribution in [0.5, 0.6) is 11.5 Å². The van der Waals surface area contributed by atoms with E-state index in [1.807, 2.05) is 12.1 Å². The number of fused-ring (bicyclic) bond motifs is 11. The van der Waals surface area contributed by atoms with Gasteiger partial charge < -0.3 is 19.4 Å². The van der Waals surface area contributed by atoms with E-state index in [4.69, 9.17) is 11.6 Å². The van der Waals surface area contributed by atoms with Crippen molar-refractivity contribution in [3.63, 3.8) is 0 Å². The number of anilines is 9. The van der Waals surface area contributed by atoms with Crippen molar-refractivity contribution in [2.24, 2.45) is 0 Å². The first-order chi connectivity index (χ1) is 48.2. The van der Waals surface area contributed by atoms with Gasteiger partial charge in [-0.1, -0.05) is 262 Å². The Bertz CT molecular complexity index is 5520. The van der Waals surface area contributed by atoms with Gasteiger partial charge in [-0.2, -0.15) is 0 Å². The smallest absolute Gasteiger partial charge is 0.256 e. The molecule has 0 bridgehead atoms. The quantitative estimate of drug-likeness (QED) is 0.148. The summed E-state index contributed by atoms with van der Waals surface area (Å²) >= 11 is 0. The molecule has 0 radical (unpaired) electrons. The number of ether oxygens (including phenoxy) is 1. The number of hydrogen-bond donors (Lipinski definition) is 0. The Hall–Kier alpha value is -10.8. The van der Waals surface area contributed by atoms with Gasteiger partial charge in [0, 0.05) is 68.1 Å². The van der Waals surface area contributed by atoms with Crippen LogP contribution in [-0.4, -0.2) is 13.4 Å². The number of nitrogens with zero attached hydrogens (tertiary/aromatic N) is 3. The fraction of sp³-hybridized carbons (Fsp3) is 0.124. The maximum absolute atomic E-state index is 9.13. The minimum Gasteiger partial charge on any atom is -0.458 e. The average Bonchev–Trinajstić information content (AvgIpc) is 0.814. The lowest BCUT2D eigenvalue weighted by Crippen LogP contribution is -2.64. The lowest BCUT2D eigenvalue weighted by Gasteiger charge is -2.46. The third-order valence-electron chi connectivity index (χ3n) is 20.8. The van der Waals surface area contributed by atoms with E-state index in [9.17, 15) is 0 Å². The molecule has 95 heavy (non-hydrogen) atoms. The first kappa shape index (κ1) is 51.7. The largest absolute Gasteiger partial charge is 0.458 e. The van der Waals surface area contributed by atoms with Gasteiger partial charge in [-0.15, -0.1) is 0 Å². The average molecular weight is 1230 g/mol. The van der Waals surface area contributed by atoms with Crippen molar-refractivity contribution >= 4 is 97.4 Å². The van der Waals surface area contributed by atoms with Gasteiger partial charge in [0.25, 0.3) is 13.4 Å². The third kappa shape index (κ3) is 8.76. The first-order valence-corrected chi connectivity index (χ1v) is 33.3. The zero-order chi connectivity index (χ0) is 68.6. The monoisotopic (exact) mass is 1220 g/mol. The van der Waals surface area contributed by atoms with Crippen molar-refractivity contribution < 1.29 is 11.6 Å². The second kappa shape index (κ2) is 21.1. The molecule has 13 aromatic rings. The third-order valence-corrected chi connectivity index (χ3v) is 20.8. The molecule has 0 amide bonds. The Morgan fingerprint density at radius 3 is 1.52 bits per heavy atom. The normalized spacial score (nSPS) is 14.9. The summed E-state index contributed by atoms with van der Waals surface area (Å²) < 4.78 is 52.0. The Morgan fingerprint density at radius 2 is 0.863 bits per heavy atom. The number of rotatable bonds is 7. The molecule has 0 saturated heterocycles. The SMILES string of the molecule is [2H]c1c([2H])c([2H])c(-c2ccc(N3c4cc5c(cc4B4c6ccccc6N(c6c(-c7ccccc7)cc(C(C)(C)C)cc6-c6ccccc6)c6cc(C(C)(C)C)cc3c64)B3c4ccccc4N(c4ccccc4)c4cc(-c6cccc7c6C(C)(C)c6ccccc6-7)cc(c43)O5)cc2)c([2H])c1[2H]. The van der Waals surface area contributed by atoms with Gasteiger partial charge in [0.05, 0.1) is 12.5 Å². The first-order valence-electron chi connectivity index (χ1n) is 35.8. The highest BCUT2D eigenvalue weighted by Crippen LogP contribution is 2.56. The Morgan fingerprint density at radius 1 is 0.347 bits per heavy atom. The van der Waals surface area contributed by atoms with Crippen LogP contribution in [0.4, 0.5) is 51.2 Å². The van der Waals surface area contributed by atoms with Crippen LogP contribution in [-0.2, 0) is 16.2 Å². The molecule has 4 aliphatic heterocycles. The van der Waals surface area contributed by atoms with Crippen LogP contribution in [0.25, 0.3) is 55.6 Å². The number of hydrogen-bond acceptors (Lipinski definition) is 4. The summed E-state index contributed by atoms with van der Waals surface area (Å²) in [6.07, 6.45) is 0. The molecular formula is C89H71B2N3O. The maximum atomic E-state index is 9.13. The molecule has 5 aliphatic rings. The van der Waals surface area contributed by atoms with E-state index in [1.54, 1.807) is 0 Å². The second-order valence-electron chi connectivity index (χ2n) is 28.8. The highest BCUT2D eigenvalue weighted by atomic mass is 16.5. The predicted octanol–water partition coefficient (Wildman–Crippen LogP) is 19.7.